The molecule has 1 aliphatic heterocycles. The van der Waals surface area contributed by atoms with Gasteiger partial charge in [-0.2, -0.15) is 0 Å². The third-order valence-electron chi connectivity index (χ3n) is 9.58. The summed E-state index contributed by atoms with van der Waals surface area (Å²) in [5.74, 6) is -1.05. The first-order valence-electron chi connectivity index (χ1n) is 17.0. The van der Waals surface area contributed by atoms with Crippen molar-refractivity contribution in [1.82, 2.24) is 30.3 Å². The summed E-state index contributed by atoms with van der Waals surface area (Å²) in [6.45, 7) is 10.7. The number of pyridine rings is 1. The summed E-state index contributed by atoms with van der Waals surface area (Å²) in [5, 5.41) is 5.81. The van der Waals surface area contributed by atoms with E-state index in [1.165, 1.54) is 0 Å². The molecule has 2 heterocycles. The number of aromatic nitrogens is 1. The Morgan fingerprint density at radius 2 is 1.72 bits per heavy atom. The number of methoxy groups -OCH3 is 2. The number of nitrogens with one attached hydrogen (secondary N) is 2. The van der Waals surface area contributed by atoms with Gasteiger partial charge >= 0.3 is 0 Å². The Morgan fingerprint density at radius 3 is 2.28 bits per heavy atom. The molecule has 47 heavy (non-hydrogen) atoms. The smallest absolute Gasteiger partial charge is 0.242 e. The summed E-state index contributed by atoms with van der Waals surface area (Å²) in [6.07, 6.45) is 3.68. The van der Waals surface area contributed by atoms with E-state index in [0.717, 1.165) is 25.0 Å². The van der Waals surface area contributed by atoms with Crippen LogP contribution in [0.15, 0.2) is 24.4 Å². The molecule has 1 aromatic heterocycles. The van der Waals surface area contributed by atoms with Crippen LogP contribution in [0.3, 0.4) is 0 Å². The number of hydrogen-bond acceptors (Lipinski definition) is 8. The number of carbonyl (C=O) groups is 4. The molecule has 266 valence electrons. The van der Waals surface area contributed by atoms with Crippen molar-refractivity contribution in [2.24, 2.45) is 17.8 Å². The molecule has 4 amide bonds. The summed E-state index contributed by atoms with van der Waals surface area (Å²) < 4.78 is 11.8. The van der Waals surface area contributed by atoms with Crippen LogP contribution in [0, 0.1) is 17.8 Å². The van der Waals surface area contributed by atoms with E-state index in [9.17, 15) is 19.2 Å². The second-order valence-electron chi connectivity index (χ2n) is 13.4. The summed E-state index contributed by atoms with van der Waals surface area (Å²) in [4.78, 5) is 62.9. The van der Waals surface area contributed by atoms with Gasteiger partial charge in [-0.3, -0.25) is 29.1 Å². The van der Waals surface area contributed by atoms with Gasteiger partial charge in [-0.1, -0.05) is 47.1 Å². The largest absolute Gasteiger partial charge is 0.379 e. The number of likely N-dealkylation sites (tertiary alicyclic amines) is 1. The van der Waals surface area contributed by atoms with Crippen molar-refractivity contribution in [1.29, 1.82) is 0 Å². The molecule has 7 atom stereocenters. The molecule has 0 aliphatic carbocycles. The molecule has 2 N–H and O–H groups in total. The maximum Gasteiger partial charge on any atom is 0.242 e. The van der Waals surface area contributed by atoms with Crippen LogP contribution in [0.1, 0.15) is 66.0 Å². The van der Waals surface area contributed by atoms with Gasteiger partial charge in [0.05, 0.1) is 49.2 Å². The fourth-order valence-corrected chi connectivity index (χ4v) is 6.87. The Labute approximate surface area is 282 Å². The maximum absolute atomic E-state index is 13.9. The summed E-state index contributed by atoms with van der Waals surface area (Å²) in [5.41, 5.74) is 0.904. The van der Waals surface area contributed by atoms with E-state index in [0.29, 0.717) is 19.5 Å². The van der Waals surface area contributed by atoms with Gasteiger partial charge in [0.25, 0.3) is 0 Å². The molecule has 0 radical (unpaired) electrons. The monoisotopic (exact) mass is 660 g/mol. The predicted molar refractivity (Wildman–Crippen MR) is 182 cm³/mol. The molecule has 0 bridgehead atoms. The second-order valence-corrected chi connectivity index (χ2v) is 13.4. The lowest BCUT2D eigenvalue weighted by Crippen LogP contribution is -2.55. The molecule has 1 fully saturated rings. The topological polar surface area (TPSA) is 133 Å². The zero-order chi connectivity index (χ0) is 35.3. The van der Waals surface area contributed by atoms with Gasteiger partial charge in [-0.05, 0) is 50.9 Å². The molecule has 12 heteroatoms. The van der Waals surface area contributed by atoms with Gasteiger partial charge in [-0.15, -0.1) is 0 Å². The molecule has 0 spiro atoms. The third-order valence-corrected chi connectivity index (χ3v) is 9.58. The van der Waals surface area contributed by atoms with Crippen LogP contribution in [-0.4, -0.2) is 129 Å². The predicted octanol–water partition coefficient (Wildman–Crippen LogP) is 2.36. The SMILES string of the molecule is CCC(C)[C@@H]([C@@H](CC(=O)N1CCCC1[C@H](OC)C(C)C(=O)NCCc1ccccn1)OC)N(C)C(=O)CNC(=O)C(C(C)C)N(C)C. The molecule has 0 saturated carbocycles. The first-order valence-corrected chi connectivity index (χ1v) is 17.0. The highest BCUT2D eigenvalue weighted by atomic mass is 16.5. The van der Waals surface area contributed by atoms with Crippen LogP contribution in [0.4, 0.5) is 0 Å². The molecular formula is C35H60N6O6. The average Bonchev–Trinajstić information content (AvgIpc) is 3.53. The highest BCUT2D eigenvalue weighted by Crippen LogP contribution is 2.29. The average molecular weight is 661 g/mol. The van der Waals surface area contributed by atoms with E-state index in [1.54, 1.807) is 32.4 Å². The minimum absolute atomic E-state index is 0.0264. The van der Waals surface area contributed by atoms with Gasteiger partial charge in [0.15, 0.2) is 0 Å². The van der Waals surface area contributed by atoms with Crippen LogP contribution >= 0.6 is 0 Å². The maximum atomic E-state index is 13.9. The van der Waals surface area contributed by atoms with E-state index >= 15 is 0 Å². The van der Waals surface area contributed by atoms with Crippen LogP contribution in [-0.2, 0) is 35.1 Å². The molecule has 0 aromatic carbocycles. The van der Waals surface area contributed by atoms with Gasteiger partial charge in [0.1, 0.15) is 0 Å². The van der Waals surface area contributed by atoms with Crippen LogP contribution in [0.25, 0.3) is 0 Å². The fraction of sp³-hybridized carbons (Fsp3) is 0.743. The summed E-state index contributed by atoms with van der Waals surface area (Å²) in [7, 11) is 8.55. The first kappa shape index (κ1) is 40.1. The minimum atomic E-state index is -0.568. The van der Waals surface area contributed by atoms with Gasteiger partial charge in [0, 0.05) is 52.7 Å². The molecule has 4 unspecified atom stereocenters. The fourth-order valence-electron chi connectivity index (χ4n) is 6.87. The van der Waals surface area contributed by atoms with Gasteiger partial charge in [-0.25, -0.2) is 0 Å². The first-order chi connectivity index (χ1) is 22.3. The Kier molecular flexibility index (Phi) is 16.8. The molecule has 12 nitrogen and oxygen atoms in total. The Hall–Kier alpha value is -3.09. The van der Waals surface area contributed by atoms with Crippen molar-refractivity contribution in [3.8, 4) is 0 Å². The number of hydrogen-bond donors (Lipinski definition) is 2. The standard InChI is InChI=1S/C35H60N6O6/c1-11-24(4)32(40(8)30(43)22-38-35(45)31(23(2)3)39(6)7)28(46-9)21-29(42)41-20-14-16-27(41)33(47-10)25(5)34(44)37-19-17-26-15-12-13-18-36-26/h12-13,15,18,23-25,27-28,31-33H,11,14,16-17,19-22H2,1-10H3,(H,37,44)(H,38,45)/t24?,25?,27?,28-,31?,32+,33-/m1/s1. The summed E-state index contributed by atoms with van der Waals surface area (Å²) >= 11 is 0. The number of likely N-dealkylation sites (N-methyl/N-ethyl adjacent to an activating group) is 2. The number of amides is 4. The molecule has 1 aromatic rings. The Bertz CT molecular complexity index is 1130. The Balaban J connectivity index is 2.10. The van der Waals surface area contributed by atoms with Gasteiger partial charge in [0.2, 0.25) is 23.6 Å². The lowest BCUT2D eigenvalue weighted by atomic mass is 9.90. The van der Waals surface area contributed by atoms with Crippen molar-refractivity contribution < 1.29 is 28.7 Å². The lowest BCUT2D eigenvalue weighted by Gasteiger charge is -2.39. The van der Waals surface area contributed by atoms with Crippen molar-refractivity contribution >= 4 is 23.6 Å². The van der Waals surface area contributed by atoms with E-state index in [2.05, 4.69) is 15.6 Å². The Morgan fingerprint density at radius 1 is 1.02 bits per heavy atom. The van der Waals surface area contributed by atoms with Crippen molar-refractivity contribution in [2.75, 3.05) is 55.0 Å². The number of nitrogens with zero attached hydrogens (tertiary/aromatic N) is 4. The molecule has 1 saturated heterocycles. The quantitative estimate of drug-likeness (QED) is 0.231. The zero-order valence-electron chi connectivity index (χ0n) is 30.3. The lowest BCUT2D eigenvalue weighted by molar-refractivity contribution is -0.145. The van der Waals surface area contributed by atoms with E-state index in [1.807, 2.05) is 76.7 Å². The molecular weight excluding hydrogens is 600 g/mol. The van der Waals surface area contributed by atoms with Crippen molar-refractivity contribution in [2.45, 2.75) is 97.1 Å². The van der Waals surface area contributed by atoms with Crippen molar-refractivity contribution in [3.63, 3.8) is 0 Å². The molecule has 1 aliphatic rings. The third kappa shape index (κ3) is 11.2. The van der Waals surface area contributed by atoms with E-state index < -0.39 is 24.2 Å². The van der Waals surface area contributed by atoms with Gasteiger partial charge < -0.3 is 29.9 Å². The number of rotatable bonds is 19. The van der Waals surface area contributed by atoms with E-state index in [-0.39, 0.29) is 60.5 Å². The minimum Gasteiger partial charge on any atom is -0.379 e. The highest BCUT2D eigenvalue weighted by Gasteiger charge is 2.42. The number of carbonyl (C=O) groups excluding carboxylic acids is 4. The molecule has 2 rings (SSSR count). The van der Waals surface area contributed by atoms with E-state index in [4.69, 9.17) is 9.47 Å². The second kappa shape index (κ2) is 19.7. The van der Waals surface area contributed by atoms with Crippen molar-refractivity contribution in [3.05, 3.63) is 30.1 Å². The van der Waals surface area contributed by atoms with Crippen LogP contribution in [0.2, 0.25) is 0 Å². The summed E-state index contributed by atoms with van der Waals surface area (Å²) in [6, 6.07) is 4.70. The van der Waals surface area contributed by atoms with Crippen LogP contribution in [0.5, 0.6) is 0 Å². The van der Waals surface area contributed by atoms with Crippen LogP contribution < -0.4 is 10.6 Å². The number of ether oxygens (including phenoxy) is 2. The normalized spacial score (nSPS) is 18.7. The zero-order valence-corrected chi connectivity index (χ0v) is 30.3. The highest BCUT2D eigenvalue weighted by molar-refractivity contribution is 5.87.